The molecular weight excluding hydrogens is 272 g/mol. The van der Waals surface area contributed by atoms with Crippen molar-refractivity contribution in [2.24, 2.45) is 0 Å². The summed E-state index contributed by atoms with van der Waals surface area (Å²) in [7, 11) is 1.54. The first-order valence-corrected chi connectivity index (χ1v) is 7.39. The average molecular weight is 300 g/mol. The number of amides is 2. The number of carbonyl (C=O) groups is 2. The number of methoxy groups -OCH3 is 1. The molecule has 0 aromatic rings. The van der Waals surface area contributed by atoms with Crippen LogP contribution in [0.1, 0.15) is 47.5 Å². The van der Waals surface area contributed by atoms with Crippen molar-refractivity contribution in [2.45, 2.75) is 64.7 Å². The molecule has 0 aromatic heterocycles. The summed E-state index contributed by atoms with van der Waals surface area (Å²) < 4.78 is 10.5. The van der Waals surface area contributed by atoms with Crippen LogP contribution in [0.3, 0.4) is 0 Å². The van der Waals surface area contributed by atoms with E-state index in [1.54, 1.807) is 18.7 Å². The number of hydrogen-bond acceptors (Lipinski definition) is 4. The second-order valence-corrected chi connectivity index (χ2v) is 6.93. The molecule has 6 nitrogen and oxygen atoms in total. The Kier molecular flexibility index (Phi) is 5.61. The molecule has 6 heteroatoms. The lowest BCUT2D eigenvalue weighted by Crippen LogP contribution is -2.52. The van der Waals surface area contributed by atoms with Crippen LogP contribution in [0.2, 0.25) is 0 Å². The van der Waals surface area contributed by atoms with Crippen LogP contribution in [-0.2, 0) is 14.3 Å². The number of piperidine rings is 1. The van der Waals surface area contributed by atoms with Gasteiger partial charge in [-0.05, 0) is 47.5 Å². The van der Waals surface area contributed by atoms with E-state index in [0.29, 0.717) is 13.1 Å². The largest absolute Gasteiger partial charge is 0.444 e. The molecule has 1 N–H and O–H groups in total. The van der Waals surface area contributed by atoms with Gasteiger partial charge in [-0.25, -0.2) is 4.79 Å². The highest BCUT2D eigenvalue weighted by molar-refractivity contribution is 5.84. The minimum Gasteiger partial charge on any atom is -0.444 e. The summed E-state index contributed by atoms with van der Waals surface area (Å²) in [6.45, 7) is 10.3. The third-order valence-corrected chi connectivity index (χ3v) is 3.53. The number of likely N-dealkylation sites (tertiary alicyclic amines) is 1. The molecule has 1 rings (SSSR count). The van der Waals surface area contributed by atoms with Gasteiger partial charge in [-0.15, -0.1) is 0 Å². The fourth-order valence-electron chi connectivity index (χ4n) is 2.17. The molecule has 0 aromatic carbocycles. The molecule has 1 heterocycles. The van der Waals surface area contributed by atoms with Gasteiger partial charge in [0.1, 0.15) is 11.2 Å². The third-order valence-electron chi connectivity index (χ3n) is 3.53. The van der Waals surface area contributed by atoms with Gasteiger partial charge in [0.05, 0.1) is 0 Å². The van der Waals surface area contributed by atoms with E-state index in [0.717, 1.165) is 12.8 Å². The van der Waals surface area contributed by atoms with Crippen LogP contribution in [0.25, 0.3) is 0 Å². The first kappa shape index (κ1) is 17.8. The maximum atomic E-state index is 12.3. The van der Waals surface area contributed by atoms with Crippen molar-refractivity contribution in [3.05, 3.63) is 0 Å². The van der Waals surface area contributed by atoms with Crippen LogP contribution in [0, 0.1) is 0 Å². The van der Waals surface area contributed by atoms with Gasteiger partial charge in [0, 0.05) is 26.2 Å². The second-order valence-electron chi connectivity index (χ2n) is 6.93. The van der Waals surface area contributed by atoms with Crippen LogP contribution >= 0.6 is 0 Å². The predicted octanol–water partition coefficient (Wildman–Crippen LogP) is 1.93. The number of nitrogens with zero attached hydrogens (tertiary/aromatic N) is 1. The molecule has 2 amide bonds. The van der Waals surface area contributed by atoms with Crippen LogP contribution in [-0.4, -0.2) is 54.3 Å². The standard InChI is InChI=1S/C15H28N2O4/c1-14(2,3)21-13(19)16-11-7-9-17(10-8-11)12(18)15(4,5)20-6/h11H,7-10H2,1-6H3,(H,16,19). The zero-order valence-electron chi connectivity index (χ0n) is 14.0. The number of ether oxygens (including phenoxy) is 2. The van der Waals surface area contributed by atoms with E-state index in [9.17, 15) is 9.59 Å². The van der Waals surface area contributed by atoms with Crippen molar-refractivity contribution in [3.63, 3.8) is 0 Å². The van der Waals surface area contributed by atoms with Gasteiger partial charge in [-0.3, -0.25) is 4.79 Å². The fraction of sp³-hybridized carbons (Fsp3) is 0.867. The van der Waals surface area contributed by atoms with E-state index in [2.05, 4.69) is 5.32 Å². The van der Waals surface area contributed by atoms with E-state index in [1.807, 2.05) is 20.8 Å². The van der Waals surface area contributed by atoms with E-state index >= 15 is 0 Å². The van der Waals surface area contributed by atoms with Gasteiger partial charge >= 0.3 is 6.09 Å². The predicted molar refractivity (Wildman–Crippen MR) is 80.1 cm³/mol. The van der Waals surface area contributed by atoms with Gasteiger partial charge in [0.2, 0.25) is 0 Å². The van der Waals surface area contributed by atoms with Gasteiger partial charge in [0.15, 0.2) is 0 Å². The monoisotopic (exact) mass is 300 g/mol. The molecule has 0 atom stereocenters. The van der Waals surface area contributed by atoms with Crippen molar-refractivity contribution < 1.29 is 19.1 Å². The second kappa shape index (κ2) is 6.64. The lowest BCUT2D eigenvalue weighted by Gasteiger charge is -2.36. The van der Waals surface area contributed by atoms with Crippen LogP contribution < -0.4 is 5.32 Å². The Labute approximate surface area is 127 Å². The number of rotatable bonds is 3. The third kappa shape index (κ3) is 5.53. The minimum absolute atomic E-state index is 0.0132. The average Bonchev–Trinajstić information content (AvgIpc) is 2.36. The molecule has 1 saturated heterocycles. The molecule has 0 bridgehead atoms. The Morgan fingerprint density at radius 1 is 1.10 bits per heavy atom. The first-order valence-electron chi connectivity index (χ1n) is 7.39. The van der Waals surface area contributed by atoms with Crippen molar-refractivity contribution >= 4 is 12.0 Å². The number of nitrogens with one attached hydrogen (secondary N) is 1. The summed E-state index contributed by atoms with van der Waals surface area (Å²) in [4.78, 5) is 25.8. The maximum Gasteiger partial charge on any atom is 0.407 e. The van der Waals surface area contributed by atoms with Gasteiger partial charge in [0.25, 0.3) is 5.91 Å². The maximum absolute atomic E-state index is 12.3. The van der Waals surface area contributed by atoms with Crippen LogP contribution in [0.5, 0.6) is 0 Å². The normalized spacial score (nSPS) is 17.5. The smallest absolute Gasteiger partial charge is 0.407 e. The van der Waals surface area contributed by atoms with E-state index in [1.165, 1.54) is 7.11 Å². The van der Waals surface area contributed by atoms with Crippen molar-refractivity contribution in [3.8, 4) is 0 Å². The van der Waals surface area contributed by atoms with E-state index in [4.69, 9.17) is 9.47 Å². The molecule has 0 radical (unpaired) electrons. The highest BCUT2D eigenvalue weighted by atomic mass is 16.6. The van der Waals surface area contributed by atoms with Crippen molar-refractivity contribution in [2.75, 3.05) is 20.2 Å². The lowest BCUT2D eigenvalue weighted by atomic mass is 10.0. The van der Waals surface area contributed by atoms with E-state index in [-0.39, 0.29) is 11.9 Å². The first-order chi connectivity index (χ1) is 9.55. The summed E-state index contributed by atoms with van der Waals surface area (Å²) >= 11 is 0. The molecule has 0 saturated carbocycles. The fourth-order valence-corrected chi connectivity index (χ4v) is 2.17. The summed E-state index contributed by atoms with van der Waals surface area (Å²) in [6.07, 6.45) is 1.06. The van der Waals surface area contributed by atoms with Gasteiger partial charge in [-0.1, -0.05) is 0 Å². The lowest BCUT2D eigenvalue weighted by molar-refractivity contribution is -0.152. The Balaban J connectivity index is 2.43. The van der Waals surface area contributed by atoms with Gasteiger partial charge in [-0.2, -0.15) is 0 Å². The Hall–Kier alpha value is -1.30. The topological polar surface area (TPSA) is 67.9 Å². The molecular formula is C15H28N2O4. The molecule has 1 fully saturated rings. The quantitative estimate of drug-likeness (QED) is 0.864. The molecule has 1 aliphatic heterocycles. The van der Waals surface area contributed by atoms with Crippen LogP contribution in [0.15, 0.2) is 0 Å². The zero-order chi connectivity index (χ0) is 16.3. The zero-order valence-corrected chi connectivity index (χ0v) is 14.0. The Morgan fingerprint density at radius 3 is 2.05 bits per heavy atom. The van der Waals surface area contributed by atoms with Gasteiger partial charge < -0.3 is 19.7 Å². The molecule has 1 aliphatic rings. The number of hydrogen-bond donors (Lipinski definition) is 1. The Morgan fingerprint density at radius 2 is 1.62 bits per heavy atom. The van der Waals surface area contributed by atoms with Crippen LogP contribution in [0.4, 0.5) is 4.79 Å². The number of carbonyl (C=O) groups excluding carboxylic acids is 2. The summed E-state index contributed by atoms with van der Waals surface area (Å²) in [5.74, 6) is -0.0132. The molecule has 0 aliphatic carbocycles. The SMILES string of the molecule is COC(C)(C)C(=O)N1CCC(NC(=O)OC(C)(C)C)CC1. The molecule has 122 valence electrons. The Bertz CT molecular complexity index is 380. The van der Waals surface area contributed by atoms with Crippen molar-refractivity contribution in [1.82, 2.24) is 10.2 Å². The summed E-state index contributed by atoms with van der Waals surface area (Å²) in [5.41, 5.74) is -1.30. The molecule has 0 spiro atoms. The van der Waals surface area contributed by atoms with Crippen molar-refractivity contribution in [1.29, 1.82) is 0 Å². The minimum atomic E-state index is -0.800. The van der Waals surface area contributed by atoms with E-state index < -0.39 is 17.3 Å². The highest BCUT2D eigenvalue weighted by Crippen LogP contribution is 2.18. The summed E-state index contributed by atoms with van der Waals surface area (Å²) in [5, 5.41) is 2.86. The molecule has 0 unspecified atom stereocenters. The highest BCUT2D eigenvalue weighted by Gasteiger charge is 2.34. The molecule has 21 heavy (non-hydrogen) atoms. The summed E-state index contributed by atoms with van der Waals surface area (Å²) in [6, 6.07) is 0.0505. The number of alkyl carbamates (subject to hydrolysis) is 1.